The molecule has 1 saturated heterocycles. The van der Waals surface area contributed by atoms with Crippen LogP contribution in [0.2, 0.25) is 0 Å². The molecule has 1 aromatic rings. The van der Waals surface area contributed by atoms with E-state index in [0.717, 1.165) is 45.4 Å². The highest BCUT2D eigenvalue weighted by Gasteiger charge is 2.23. The molecule has 2 heterocycles. The normalized spacial score (nSPS) is 16.7. The average molecular weight is 251 g/mol. The van der Waals surface area contributed by atoms with Gasteiger partial charge in [-0.2, -0.15) is 0 Å². The molecule has 0 saturated carbocycles. The van der Waals surface area contributed by atoms with Gasteiger partial charge in [0.05, 0.1) is 6.20 Å². The van der Waals surface area contributed by atoms with E-state index in [4.69, 9.17) is 4.52 Å². The van der Waals surface area contributed by atoms with E-state index in [-0.39, 0.29) is 5.91 Å². The van der Waals surface area contributed by atoms with E-state index >= 15 is 0 Å². The molecule has 1 aliphatic rings. The predicted octanol–water partition coefficient (Wildman–Crippen LogP) is 1.53. The van der Waals surface area contributed by atoms with Crippen molar-refractivity contribution in [1.82, 2.24) is 15.4 Å². The van der Waals surface area contributed by atoms with Gasteiger partial charge in [0.15, 0.2) is 0 Å². The predicted molar refractivity (Wildman–Crippen MR) is 68.3 cm³/mol. The van der Waals surface area contributed by atoms with E-state index in [0.29, 0.717) is 11.7 Å². The number of carbonyl (C=O) groups excluding carboxylic acids is 1. The maximum atomic E-state index is 12.2. The van der Waals surface area contributed by atoms with Crippen LogP contribution in [-0.4, -0.2) is 42.1 Å². The molecule has 0 atom stereocenters. The smallest absolute Gasteiger partial charge is 0.292 e. The molecule has 1 aliphatic heterocycles. The number of rotatable bonds is 5. The summed E-state index contributed by atoms with van der Waals surface area (Å²) in [6, 6.07) is 1.63. The second kappa shape index (κ2) is 6.54. The van der Waals surface area contributed by atoms with E-state index in [1.54, 1.807) is 6.07 Å². The highest BCUT2D eigenvalue weighted by atomic mass is 16.5. The first-order chi connectivity index (χ1) is 8.81. The third kappa shape index (κ3) is 3.32. The zero-order valence-electron chi connectivity index (χ0n) is 10.9. The Hall–Kier alpha value is -1.36. The third-order valence-corrected chi connectivity index (χ3v) is 3.37. The van der Waals surface area contributed by atoms with Gasteiger partial charge in [0.25, 0.3) is 5.91 Å². The van der Waals surface area contributed by atoms with Crippen LogP contribution in [0.15, 0.2) is 16.8 Å². The van der Waals surface area contributed by atoms with Crippen LogP contribution >= 0.6 is 0 Å². The summed E-state index contributed by atoms with van der Waals surface area (Å²) in [5, 5.41) is 6.94. The number of hydrogen-bond donors (Lipinski definition) is 1. The van der Waals surface area contributed by atoms with Crippen molar-refractivity contribution in [1.29, 1.82) is 0 Å². The lowest BCUT2D eigenvalue weighted by Crippen LogP contribution is -2.39. The van der Waals surface area contributed by atoms with Crippen LogP contribution in [0.5, 0.6) is 0 Å². The molecule has 1 fully saturated rings. The number of amides is 1. The number of piperidine rings is 1. The van der Waals surface area contributed by atoms with Crippen molar-refractivity contribution in [2.45, 2.75) is 26.2 Å². The van der Waals surface area contributed by atoms with Gasteiger partial charge in [-0.15, -0.1) is 0 Å². The van der Waals surface area contributed by atoms with Gasteiger partial charge in [-0.25, -0.2) is 0 Å². The van der Waals surface area contributed by atoms with Crippen molar-refractivity contribution in [3.05, 3.63) is 18.0 Å². The number of aromatic nitrogens is 1. The topological polar surface area (TPSA) is 58.4 Å². The van der Waals surface area contributed by atoms with Gasteiger partial charge in [0.1, 0.15) is 0 Å². The molecule has 18 heavy (non-hydrogen) atoms. The molecule has 0 spiro atoms. The fourth-order valence-electron chi connectivity index (χ4n) is 2.40. The minimum Gasteiger partial charge on any atom is -0.351 e. The van der Waals surface area contributed by atoms with Crippen LogP contribution in [-0.2, 0) is 0 Å². The number of hydrogen-bond acceptors (Lipinski definition) is 4. The number of nitrogens with zero attached hydrogens (tertiary/aromatic N) is 2. The maximum Gasteiger partial charge on any atom is 0.292 e. The number of carbonyl (C=O) groups is 1. The van der Waals surface area contributed by atoms with Gasteiger partial charge in [0.2, 0.25) is 5.76 Å². The standard InChI is InChI=1S/C13H21N3O2/c1-2-9-16(10-11-3-6-14-7-4-11)13(17)12-5-8-15-18-12/h5,8,11,14H,2-4,6-7,9-10H2,1H3. The molecule has 5 nitrogen and oxygen atoms in total. The first kappa shape index (κ1) is 13.1. The molecule has 0 aromatic carbocycles. The largest absolute Gasteiger partial charge is 0.351 e. The summed E-state index contributed by atoms with van der Waals surface area (Å²) < 4.78 is 4.96. The number of nitrogens with one attached hydrogen (secondary N) is 1. The van der Waals surface area contributed by atoms with Crippen molar-refractivity contribution < 1.29 is 9.32 Å². The van der Waals surface area contributed by atoms with Crippen LogP contribution < -0.4 is 5.32 Å². The van der Waals surface area contributed by atoms with Gasteiger partial charge < -0.3 is 14.7 Å². The molecule has 0 bridgehead atoms. The summed E-state index contributed by atoms with van der Waals surface area (Å²) in [4.78, 5) is 14.1. The van der Waals surface area contributed by atoms with Crippen molar-refractivity contribution in [3.63, 3.8) is 0 Å². The Morgan fingerprint density at radius 2 is 2.33 bits per heavy atom. The fourth-order valence-corrected chi connectivity index (χ4v) is 2.40. The Labute approximate surface area is 108 Å². The second-order valence-electron chi connectivity index (χ2n) is 4.82. The lowest BCUT2D eigenvalue weighted by molar-refractivity contribution is 0.0674. The van der Waals surface area contributed by atoms with Crippen molar-refractivity contribution >= 4 is 5.91 Å². The van der Waals surface area contributed by atoms with Crippen LogP contribution in [0.25, 0.3) is 0 Å². The molecule has 1 amide bonds. The molecule has 0 aliphatic carbocycles. The summed E-state index contributed by atoms with van der Waals surface area (Å²) in [5.74, 6) is 0.912. The lowest BCUT2D eigenvalue weighted by atomic mass is 9.97. The van der Waals surface area contributed by atoms with E-state index in [1.807, 2.05) is 4.90 Å². The molecule has 0 unspecified atom stereocenters. The Bertz CT molecular complexity index is 358. The molecular formula is C13H21N3O2. The van der Waals surface area contributed by atoms with Gasteiger partial charge in [0, 0.05) is 19.2 Å². The van der Waals surface area contributed by atoms with Gasteiger partial charge in [-0.1, -0.05) is 12.1 Å². The van der Waals surface area contributed by atoms with Crippen molar-refractivity contribution in [3.8, 4) is 0 Å². The lowest BCUT2D eigenvalue weighted by Gasteiger charge is -2.29. The van der Waals surface area contributed by atoms with Crippen LogP contribution in [0.4, 0.5) is 0 Å². The van der Waals surface area contributed by atoms with E-state index in [9.17, 15) is 4.79 Å². The van der Waals surface area contributed by atoms with Crippen LogP contribution in [0, 0.1) is 5.92 Å². The quantitative estimate of drug-likeness (QED) is 0.862. The SMILES string of the molecule is CCCN(CC1CCNCC1)C(=O)c1ccno1. The molecule has 100 valence electrons. The Morgan fingerprint density at radius 3 is 2.94 bits per heavy atom. The Morgan fingerprint density at radius 1 is 1.56 bits per heavy atom. The third-order valence-electron chi connectivity index (χ3n) is 3.37. The van der Waals surface area contributed by atoms with Gasteiger partial charge in [-0.05, 0) is 38.3 Å². The molecular weight excluding hydrogens is 230 g/mol. The minimum absolute atomic E-state index is 0.0344. The van der Waals surface area contributed by atoms with Gasteiger partial charge in [-0.3, -0.25) is 4.79 Å². The molecule has 1 N–H and O–H groups in total. The summed E-state index contributed by atoms with van der Waals surface area (Å²) in [6.45, 7) is 5.81. The van der Waals surface area contributed by atoms with Crippen molar-refractivity contribution in [2.75, 3.05) is 26.2 Å². The molecule has 0 radical (unpaired) electrons. The monoisotopic (exact) mass is 251 g/mol. The summed E-state index contributed by atoms with van der Waals surface area (Å²) in [5.41, 5.74) is 0. The molecule has 1 aromatic heterocycles. The summed E-state index contributed by atoms with van der Waals surface area (Å²) in [7, 11) is 0. The Balaban J connectivity index is 1.96. The first-order valence-corrected chi connectivity index (χ1v) is 6.72. The zero-order chi connectivity index (χ0) is 12.8. The van der Waals surface area contributed by atoms with E-state index in [1.165, 1.54) is 6.20 Å². The van der Waals surface area contributed by atoms with Crippen LogP contribution in [0.3, 0.4) is 0 Å². The first-order valence-electron chi connectivity index (χ1n) is 6.72. The highest BCUT2D eigenvalue weighted by Crippen LogP contribution is 2.15. The highest BCUT2D eigenvalue weighted by molar-refractivity contribution is 5.91. The summed E-state index contributed by atoms with van der Waals surface area (Å²) in [6.07, 6.45) is 4.76. The second-order valence-corrected chi connectivity index (χ2v) is 4.82. The molecule has 5 heteroatoms. The van der Waals surface area contributed by atoms with Crippen LogP contribution in [0.1, 0.15) is 36.7 Å². The van der Waals surface area contributed by atoms with E-state index in [2.05, 4.69) is 17.4 Å². The Kier molecular flexibility index (Phi) is 4.75. The maximum absolute atomic E-state index is 12.2. The summed E-state index contributed by atoms with van der Waals surface area (Å²) >= 11 is 0. The minimum atomic E-state index is -0.0344. The fraction of sp³-hybridized carbons (Fsp3) is 0.692. The van der Waals surface area contributed by atoms with Crippen molar-refractivity contribution in [2.24, 2.45) is 5.92 Å². The van der Waals surface area contributed by atoms with E-state index < -0.39 is 0 Å². The van der Waals surface area contributed by atoms with Gasteiger partial charge >= 0.3 is 0 Å². The zero-order valence-corrected chi connectivity index (χ0v) is 10.9. The average Bonchev–Trinajstić information content (AvgIpc) is 2.92. The molecule has 2 rings (SSSR count).